The van der Waals surface area contributed by atoms with Crippen LogP contribution in [0.2, 0.25) is 0 Å². The third kappa shape index (κ3) is 3.80. The van der Waals surface area contributed by atoms with Gasteiger partial charge < -0.3 is 9.64 Å². The Morgan fingerprint density at radius 3 is 2.78 bits per heavy atom. The smallest absolute Gasteiger partial charge is 0.414 e. The highest BCUT2D eigenvalue weighted by atomic mass is 32.2. The quantitative estimate of drug-likeness (QED) is 0.779. The number of cyclic esters (lactones) is 1. The van der Waals surface area contributed by atoms with E-state index < -0.39 is 22.7 Å². The molecule has 2 aliphatic rings. The number of carbonyl (C=O) groups excluding carboxylic acids is 1. The first-order valence-electron chi connectivity index (χ1n) is 8.74. The number of benzene rings is 1. The Labute approximate surface area is 158 Å². The average Bonchev–Trinajstić information content (AvgIpc) is 3.21. The number of aryl methyl sites for hydroxylation is 1. The third-order valence-electron chi connectivity index (χ3n) is 4.68. The maximum atomic E-state index is 14.6. The highest BCUT2D eigenvalue weighted by Crippen LogP contribution is 2.28. The minimum atomic E-state index is -0.817. The van der Waals surface area contributed by atoms with Gasteiger partial charge in [0.25, 0.3) is 0 Å². The lowest BCUT2D eigenvalue weighted by Crippen LogP contribution is -2.38. The summed E-state index contributed by atoms with van der Waals surface area (Å²) in [5.41, 5.74) is 1.71. The fourth-order valence-electron chi connectivity index (χ4n) is 3.32. The first kappa shape index (κ1) is 17.9. The minimum Gasteiger partial charge on any atom is -0.442 e. The summed E-state index contributed by atoms with van der Waals surface area (Å²) >= 11 is 0. The Morgan fingerprint density at radius 2 is 2.11 bits per heavy atom. The maximum absolute atomic E-state index is 14.6. The van der Waals surface area contributed by atoms with Crippen LogP contribution in [-0.4, -0.2) is 62.5 Å². The molecule has 10 heteroatoms. The Balaban J connectivity index is 1.46. The molecule has 1 atom stereocenters. The lowest BCUT2D eigenvalue weighted by molar-refractivity contribution is 0.129. The molecule has 1 aromatic heterocycles. The van der Waals surface area contributed by atoms with Crippen molar-refractivity contribution in [1.29, 1.82) is 0 Å². The van der Waals surface area contributed by atoms with Gasteiger partial charge in [0.1, 0.15) is 11.9 Å². The van der Waals surface area contributed by atoms with Crippen molar-refractivity contribution in [3.05, 3.63) is 35.9 Å². The zero-order chi connectivity index (χ0) is 19.0. The highest BCUT2D eigenvalue weighted by Gasteiger charge is 2.33. The number of ether oxygens (including phenoxy) is 1. The van der Waals surface area contributed by atoms with Crippen LogP contribution < -0.4 is 9.80 Å². The van der Waals surface area contributed by atoms with E-state index in [1.807, 2.05) is 11.8 Å². The molecule has 8 nitrogen and oxygen atoms in total. The maximum Gasteiger partial charge on any atom is 0.414 e. The predicted octanol–water partition coefficient (Wildman–Crippen LogP) is 1.32. The molecule has 0 spiro atoms. The van der Waals surface area contributed by atoms with Crippen molar-refractivity contribution in [2.45, 2.75) is 19.6 Å². The molecule has 2 saturated heterocycles. The summed E-state index contributed by atoms with van der Waals surface area (Å²) in [4.78, 5) is 15.5. The van der Waals surface area contributed by atoms with Gasteiger partial charge in [0, 0.05) is 41.6 Å². The summed E-state index contributed by atoms with van der Waals surface area (Å²) in [6.07, 6.45) is 0.895. The van der Waals surface area contributed by atoms with Crippen LogP contribution in [0.5, 0.6) is 0 Å². The number of carbonyl (C=O) groups is 1. The number of rotatable bonds is 4. The molecule has 0 bridgehead atoms. The van der Waals surface area contributed by atoms with Gasteiger partial charge in [-0.3, -0.25) is 9.11 Å². The highest BCUT2D eigenvalue weighted by molar-refractivity contribution is 7.85. The van der Waals surface area contributed by atoms with Crippen molar-refractivity contribution in [2.75, 3.05) is 40.9 Å². The monoisotopic (exact) mass is 393 g/mol. The van der Waals surface area contributed by atoms with Crippen LogP contribution in [0, 0.1) is 12.7 Å². The summed E-state index contributed by atoms with van der Waals surface area (Å²) in [5.74, 6) is 0.690. The van der Waals surface area contributed by atoms with Crippen molar-refractivity contribution in [1.82, 2.24) is 15.0 Å². The molecule has 0 N–H and O–H groups in total. The Bertz CT molecular complexity index is 879. The fraction of sp³-hybridized carbons (Fsp3) is 0.471. The molecule has 1 amide bonds. The van der Waals surface area contributed by atoms with Crippen LogP contribution >= 0.6 is 0 Å². The molecule has 0 unspecified atom stereocenters. The summed E-state index contributed by atoms with van der Waals surface area (Å²) in [7, 11) is -0.817. The Morgan fingerprint density at radius 1 is 1.33 bits per heavy atom. The van der Waals surface area contributed by atoms with Crippen molar-refractivity contribution in [3.8, 4) is 0 Å². The van der Waals surface area contributed by atoms with E-state index in [-0.39, 0.29) is 6.10 Å². The molecule has 2 aliphatic heterocycles. The van der Waals surface area contributed by atoms with Crippen LogP contribution in [-0.2, 0) is 22.1 Å². The molecule has 2 aromatic rings. The van der Waals surface area contributed by atoms with E-state index >= 15 is 0 Å². The van der Waals surface area contributed by atoms with Gasteiger partial charge in [0.05, 0.1) is 30.2 Å². The predicted molar refractivity (Wildman–Crippen MR) is 98.9 cm³/mol. The van der Waals surface area contributed by atoms with Gasteiger partial charge in [-0.1, -0.05) is 5.21 Å². The van der Waals surface area contributed by atoms with E-state index in [0.29, 0.717) is 49.1 Å². The van der Waals surface area contributed by atoms with E-state index in [1.165, 1.54) is 11.0 Å². The van der Waals surface area contributed by atoms with Crippen LogP contribution in [0.15, 0.2) is 24.4 Å². The second kappa shape index (κ2) is 7.26. The number of anilines is 2. The van der Waals surface area contributed by atoms with Crippen LogP contribution in [0.4, 0.5) is 20.6 Å². The van der Waals surface area contributed by atoms with E-state index in [0.717, 1.165) is 5.69 Å². The largest absolute Gasteiger partial charge is 0.442 e. The molecular weight excluding hydrogens is 373 g/mol. The molecule has 0 radical (unpaired) electrons. The molecule has 2 fully saturated rings. The number of halogens is 1. The summed E-state index contributed by atoms with van der Waals surface area (Å²) in [6, 6.07) is 4.73. The zero-order valence-electron chi connectivity index (χ0n) is 14.9. The van der Waals surface area contributed by atoms with Gasteiger partial charge in [-0.05, 0) is 25.1 Å². The lowest BCUT2D eigenvalue weighted by atomic mass is 10.2. The van der Waals surface area contributed by atoms with E-state index in [9.17, 15) is 13.4 Å². The topological polar surface area (TPSA) is 80.6 Å². The van der Waals surface area contributed by atoms with Gasteiger partial charge in [-0.2, -0.15) is 0 Å². The molecule has 27 heavy (non-hydrogen) atoms. The van der Waals surface area contributed by atoms with Gasteiger partial charge in [-0.15, -0.1) is 5.10 Å². The van der Waals surface area contributed by atoms with Crippen LogP contribution in [0.25, 0.3) is 0 Å². The molecular formula is C17H20FN5O3S. The first-order valence-corrected chi connectivity index (χ1v) is 10.2. The second-order valence-corrected chi connectivity index (χ2v) is 8.37. The molecule has 0 saturated carbocycles. The van der Waals surface area contributed by atoms with E-state index in [1.54, 1.807) is 23.0 Å². The Hall–Kier alpha value is -2.49. The number of hydrogen-bond donors (Lipinski definition) is 0. The SMILES string of the molecule is Cc1cn(C[C@H]2CN(c3ccc(N4CCS(=O)CC4)c(F)c3)C(=O)O2)nn1. The van der Waals surface area contributed by atoms with Crippen molar-refractivity contribution in [3.63, 3.8) is 0 Å². The molecule has 0 aliphatic carbocycles. The minimum absolute atomic E-state index is 0.319. The normalized spacial score (nSPS) is 21.0. The van der Waals surface area contributed by atoms with E-state index in [4.69, 9.17) is 4.74 Å². The molecule has 3 heterocycles. The summed E-state index contributed by atoms with van der Waals surface area (Å²) in [6.45, 7) is 3.68. The van der Waals surface area contributed by atoms with Crippen LogP contribution in [0.1, 0.15) is 5.69 Å². The van der Waals surface area contributed by atoms with Gasteiger partial charge in [0.15, 0.2) is 0 Å². The number of nitrogens with zero attached hydrogens (tertiary/aromatic N) is 5. The van der Waals surface area contributed by atoms with E-state index in [2.05, 4.69) is 10.3 Å². The third-order valence-corrected chi connectivity index (χ3v) is 5.96. The van der Waals surface area contributed by atoms with Crippen LogP contribution in [0.3, 0.4) is 0 Å². The van der Waals surface area contributed by atoms with Crippen molar-refractivity contribution >= 4 is 28.3 Å². The standard InChI is InChI=1S/C17H20FN5O3S/c1-12-9-22(20-19-12)10-14-11-23(17(24)26-14)13-2-3-16(15(18)8-13)21-4-6-27(25)7-5-21/h2-3,8-9,14H,4-7,10-11H2,1H3/t14-/m0/s1. The van der Waals surface area contributed by atoms with Crippen molar-refractivity contribution < 1.29 is 18.1 Å². The summed E-state index contributed by atoms with van der Waals surface area (Å²) in [5, 5.41) is 7.87. The van der Waals surface area contributed by atoms with Gasteiger partial charge in [0.2, 0.25) is 0 Å². The second-order valence-electron chi connectivity index (χ2n) is 6.67. The molecule has 144 valence electrons. The molecule has 1 aromatic carbocycles. The summed E-state index contributed by atoms with van der Waals surface area (Å²) < 4.78 is 33.1. The average molecular weight is 393 g/mol. The van der Waals surface area contributed by atoms with Gasteiger partial charge >= 0.3 is 6.09 Å². The zero-order valence-corrected chi connectivity index (χ0v) is 15.7. The Kier molecular flexibility index (Phi) is 4.81. The number of hydrogen-bond acceptors (Lipinski definition) is 6. The number of amides is 1. The fourth-order valence-corrected chi connectivity index (χ4v) is 4.37. The van der Waals surface area contributed by atoms with Gasteiger partial charge in [-0.25, -0.2) is 13.9 Å². The van der Waals surface area contributed by atoms with Crippen molar-refractivity contribution in [2.24, 2.45) is 0 Å². The number of aromatic nitrogens is 3. The lowest BCUT2D eigenvalue weighted by Gasteiger charge is -2.29. The first-order chi connectivity index (χ1) is 13.0. The molecule has 4 rings (SSSR count).